The van der Waals surface area contributed by atoms with Crippen LogP contribution < -0.4 is 15.9 Å². The SMILES string of the molecule is Cn1c2c([nH]c1=O)C=CC(C1CCc3ccccc3N1)N2CC(C)(C)C. The van der Waals surface area contributed by atoms with Crippen molar-refractivity contribution in [2.75, 3.05) is 16.8 Å². The zero-order valence-electron chi connectivity index (χ0n) is 16.0. The van der Waals surface area contributed by atoms with Gasteiger partial charge < -0.3 is 15.2 Å². The lowest BCUT2D eigenvalue weighted by Gasteiger charge is -2.43. The van der Waals surface area contributed by atoms with E-state index < -0.39 is 0 Å². The van der Waals surface area contributed by atoms with Crippen molar-refractivity contribution in [2.45, 2.75) is 45.7 Å². The van der Waals surface area contributed by atoms with E-state index in [4.69, 9.17) is 0 Å². The summed E-state index contributed by atoms with van der Waals surface area (Å²) in [5.74, 6) is 0.998. The Hall–Kier alpha value is -2.43. The van der Waals surface area contributed by atoms with Crippen LogP contribution in [-0.4, -0.2) is 28.2 Å². The van der Waals surface area contributed by atoms with Crippen LogP contribution in [0.1, 0.15) is 38.4 Å². The number of rotatable bonds is 2. The van der Waals surface area contributed by atoms with E-state index in [1.807, 2.05) is 7.05 Å². The molecule has 26 heavy (non-hydrogen) atoms. The van der Waals surface area contributed by atoms with Crippen molar-refractivity contribution in [3.63, 3.8) is 0 Å². The molecule has 3 heterocycles. The maximum Gasteiger partial charge on any atom is 0.327 e. The van der Waals surface area contributed by atoms with E-state index >= 15 is 0 Å². The Morgan fingerprint density at radius 3 is 2.77 bits per heavy atom. The first-order valence-electron chi connectivity index (χ1n) is 9.42. The molecule has 0 bridgehead atoms. The quantitative estimate of drug-likeness (QED) is 0.871. The second-order valence-corrected chi connectivity index (χ2v) is 8.71. The standard InChI is InChI=1S/C21H28N4O/c1-21(2,3)13-25-18(12-11-17-19(25)24(4)20(26)23-17)16-10-9-14-7-5-6-8-15(14)22-16/h5-8,11-12,16,18,22H,9-10,13H2,1-4H3,(H,23,26). The van der Waals surface area contributed by atoms with Gasteiger partial charge in [0.05, 0.1) is 17.8 Å². The minimum atomic E-state index is -0.0545. The summed E-state index contributed by atoms with van der Waals surface area (Å²) in [5, 5.41) is 3.75. The highest BCUT2D eigenvalue weighted by atomic mass is 16.1. The van der Waals surface area contributed by atoms with E-state index in [-0.39, 0.29) is 17.1 Å². The van der Waals surface area contributed by atoms with Gasteiger partial charge in [0.1, 0.15) is 5.82 Å². The normalized spacial score (nSPS) is 21.9. The topological polar surface area (TPSA) is 53.1 Å². The minimum absolute atomic E-state index is 0.0545. The monoisotopic (exact) mass is 352 g/mol. The number of aromatic nitrogens is 2. The summed E-state index contributed by atoms with van der Waals surface area (Å²) in [6.07, 6.45) is 6.49. The molecule has 0 amide bonds. The van der Waals surface area contributed by atoms with E-state index in [9.17, 15) is 4.79 Å². The van der Waals surface area contributed by atoms with Crippen molar-refractivity contribution in [1.29, 1.82) is 0 Å². The lowest BCUT2D eigenvalue weighted by atomic mass is 9.89. The second kappa shape index (κ2) is 6.08. The van der Waals surface area contributed by atoms with Gasteiger partial charge >= 0.3 is 5.69 Å². The number of H-pyrrole nitrogens is 1. The summed E-state index contributed by atoms with van der Waals surface area (Å²) >= 11 is 0. The Kier molecular flexibility index (Phi) is 3.98. The predicted molar refractivity (Wildman–Crippen MR) is 108 cm³/mol. The molecule has 0 aliphatic carbocycles. The van der Waals surface area contributed by atoms with Crippen molar-refractivity contribution >= 4 is 17.6 Å². The van der Waals surface area contributed by atoms with E-state index in [0.717, 1.165) is 30.9 Å². The fourth-order valence-corrected chi connectivity index (χ4v) is 4.20. The number of anilines is 2. The molecule has 0 saturated carbocycles. The molecular weight excluding hydrogens is 324 g/mol. The van der Waals surface area contributed by atoms with Crippen LogP contribution in [0.4, 0.5) is 11.5 Å². The Morgan fingerprint density at radius 2 is 2.00 bits per heavy atom. The van der Waals surface area contributed by atoms with Crippen LogP contribution in [0.15, 0.2) is 35.1 Å². The van der Waals surface area contributed by atoms with Crippen LogP contribution in [-0.2, 0) is 13.5 Å². The number of imidazole rings is 1. The third-order valence-electron chi connectivity index (χ3n) is 5.34. The Balaban J connectivity index is 1.71. The highest BCUT2D eigenvalue weighted by Gasteiger charge is 2.35. The number of benzene rings is 1. The van der Waals surface area contributed by atoms with Crippen LogP contribution in [0, 0.1) is 5.41 Å². The first kappa shape index (κ1) is 17.0. The lowest BCUT2D eigenvalue weighted by Crippen LogP contribution is -2.52. The Labute approximate surface area is 154 Å². The predicted octanol–water partition coefficient (Wildman–Crippen LogP) is 3.39. The van der Waals surface area contributed by atoms with Crippen LogP contribution in [0.3, 0.4) is 0 Å². The molecule has 2 N–H and O–H groups in total. The van der Waals surface area contributed by atoms with Gasteiger partial charge in [-0.3, -0.25) is 4.57 Å². The maximum absolute atomic E-state index is 12.2. The van der Waals surface area contributed by atoms with Gasteiger partial charge in [0, 0.05) is 19.3 Å². The first-order valence-corrected chi connectivity index (χ1v) is 9.42. The van der Waals surface area contributed by atoms with Gasteiger partial charge in [0.2, 0.25) is 0 Å². The Morgan fingerprint density at radius 1 is 1.23 bits per heavy atom. The fraction of sp³-hybridized carbons (Fsp3) is 0.476. The summed E-state index contributed by atoms with van der Waals surface area (Å²) in [4.78, 5) is 17.6. The third-order valence-corrected chi connectivity index (χ3v) is 5.34. The maximum atomic E-state index is 12.2. The molecule has 1 aromatic carbocycles. The number of aromatic amines is 1. The summed E-state index contributed by atoms with van der Waals surface area (Å²) in [6.45, 7) is 7.63. The highest BCUT2D eigenvalue weighted by Crippen LogP contribution is 2.35. The minimum Gasteiger partial charge on any atom is -0.380 e. The average Bonchev–Trinajstić information content (AvgIpc) is 2.88. The van der Waals surface area contributed by atoms with Gasteiger partial charge in [-0.1, -0.05) is 45.0 Å². The fourth-order valence-electron chi connectivity index (χ4n) is 4.20. The van der Waals surface area contributed by atoms with Crippen LogP contribution in [0.25, 0.3) is 6.08 Å². The van der Waals surface area contributed by atoms with Crippen molar-refractivity contribution in [3.8, 4) is 0 Å². The molecule has 0 fully saturated rings. The van der Waals surface area contributed by atoms with Gasteiger partial charge in [-0.05, 0) is 36.0 Å². The Bertz CT molecular complexity index is 899. The van der Waals surface area contributed by atoms with Crippen LogP contribution in [0.2, 0.25) is 0 Å². The van der Waals surface area contributed by atoms with Crippen LogP contribution >= 0.6 is 0 Å². The summed E-state index contributed by atoms with van der Waals surface area (Å²) in [6, 6.07) is 9.11. The molecule has 138 valence electrons. The molecule has 5 heteroatoms. The van der Waals surface area contributed by atoms with Crippen molar-refractivity contribution in [3.05, 3.63) is 52.1 Å². The molecular formula is C21H28N4O. The largest absolute Gasteiger partial charge is 0.380 e. The smallest absolute Gasteiger partial charge is 0.327 e. The summed E-state index contributed by atoms with van der Waals surface area (Å²) in [5.41, 5.74) is 3.61. The van der Waals surface area contributed by atoms with Gasteiger partial charge in [-0.15, -0.1) is 0 Å². The van der Waals surface area contributed by atoms with Crippen LogP contribution in [0.5, 0.6) is 0 Å². The molecule has 0 spiro atoms. The molecule has 2 aliphatic heterocycles. The number of aryl methyl sites for hydroxylation is 1. The number of fused-ring (bicyclic) bond motifs is 2. The number of hydrogen-bond acceptors (Lipinski definition) is 3. The van der Waals surface area contributed by atoms with Crippen molar-refractivity contribution in [1.82, 2.24) is 9.55 Å². The molecule has 0 saturated heterocycles. The average molecular weight is 352 g/mol. The molecule has 0 radical (unpaired) electrons. The van der Waals surface area contributed by atoms with Crippen molar-refractivity contribution < 1.29 is 0 Å². The first-order chi connectivity index (χ1) is 12.3. The van der Waals surface area contributed by atoms with Gasteiger partial charge in [0.15, 0.2) is 0 Å². The molecule has 1 aromatic heterocycles. The van der Waals surface area contributed by atoms with Crippen molar-refractivity contribution in [2.24, 2.45) is 12.5 Å². The highest BCUT2D eigenvalue weighted by molar-refractivity contribution is 5.68. The van der Waals surface area contributed by atoms with E-state index in [1.54, 1.807) is 4.57 Å². The number of para-hydroxylation sites is 1. The lowest BCUT2D eigenvalue weighted by molar-refractivity contribution is 0.383. The van der Waals surface area contributed by atoms with Gasteiger partial charge in [-0.2, -0.15) is 0 Å². The molecule has 2 aromatic rings. The number of nitrogens with zero attached hydrogens (tertiary/aromatic N) is 2. The third kappa shape index (κ3) is 2.96. The zero-order valence-corrected chi connectivity index (χ0v) is 16.0. The van der Waals surface area contributed by atoms with E-state index in [0.29, 0.717) is 6.04 Å². The molecule has 4 rings (SSSR count). The summed E-state index contributed by atoms with van der Waals surface area (Å²) < 4.78 is 1.74. The van der Waals surface area contributed by atoms with Gasteiger partial charge in [0.25, 0.3) is 0 Å². The molecule has 2 aliphatic rings. The summed E-state index contributed by atoms with van der Waals surface area (Å²) in [7, 11) is 1.85. The second-order valence-electron chi connectivity index (χ2n) is 8.71. The molecule has 2 atom stereocenters. The van der Waals surface area contributed by atoms with E-state index in [2.05, 4.69) is 72.4 Å². The zero-order chi connectivity index (χ0) is 18.5. The van der Waals surface area contributed by atoms with E-state index in [1.165, 1.54) is 11.3 Å². The number of nitrogens with one attached hydrogen (secondary N) is 2. The van der Waals surface area contributed by atoms with Gasteiger partial charge in [-0.25, -0.2) is 4.79 Å². The number of hydrogen-bond donors (Lipinski definition) is 2. The molecule has 2 unspecified atom stereocenters. The molecule has 5 nitrogen and oxygen atoms in total.